The predicted molar refractivity (Wildman–Crippen MR) is 69.4 cm³/mol. The molecule has 1 aliphatic rings. The smallest absolute Gasteiger partial charge is 0.251 e. The molecule has 0 spiro atoms. The molecule has 1 heterocycles. The predicted octanol–water partition coefficient (Wildman–Crippen LogP) is 3.22. The van der Waals surface area contributed by atoms with Crippen molar-refractivity contribution in [2.75, 3.05) is 0 Å². The van der Waals surface area contributed by atoms with Crippen molar-refractivity contribution in [2.45, 2.75) is 26.3 Å². The first-order valence-corrected chi connectivity index (χ1v) is 5.85. The summed E-state index contributed by atoms with van der Waals surface area (Å²) in [6.07, 6.45) is 3.32. The van der Waals surface area contributed by atoms with E-state index in [9.17, 15) is 4.79 Å². The SMILES string of the molecule is C=C1C=CC(=O)N1Cc1ccc(C(C)C)cc1. The van der Waals surface area contributed by atoms with Gasteiger partial charge in [0.15, 0.2) is 0 Å². The lowest BCUT2D eigenvalue weighted by molar-refractivity contribution is -0.123. The fraction of sp³-hybridized carbons (Fsp3) is 0.267. The van der Waals surface area contributed by atoms with Crippen molar-refractivity contribution in [3.8, 4) is 0 Å². The highest BCUT2D eigenvalue weighted by molar-refractivity contribution is 5.92. The molecule has 2 heteroatoms. The second kappa shape index (κ2) is 4.58. The van der Waals surface area contributed by atoms with Gasteiger partial charge in [-0.25, -0.2) is 0 Å². The zero-order valence-electron chi connectivity index (χ0n) is 10.3. The van der Waals surface area contributed by atoms with Crippen molar-refractivity contribution in [3.05, 3.63) is 59.8 Å². The first-order valence-electron chi connectivity index (χ1n) is 5.85. The molecule has 0 fully saturated rings. The third kappa shape index (κ3) is 2.47. The van der Waals surface area contributed by atoms with Crippen LogP contribution in [0.25, 0.3) is 0 Å². The molecule has 0 radical (unpaired) electrons. The van der Waals surface area contributed by atoms with E-state index in [1.54, 1.807) is 17.1 Å². The topological polar surface area (TPSA) is 20.3 Å². The van der Waals surface area contributed by atoms with Gasteiger partial charge in [-0.15, -0.1) is 0 Å². The van der Waals surface area contributed by atoms with Gasteiger partial charge in [0.05, 0.1) is 6.54 Å². The van der Waals surface area contributed by atoms with E-state index in [4.69, 9.17) is 0 Å². The zero-order valence-corrected chi connectivity index (χ0v) is 10.3. The van der Waals surface area contributed by atoms with E-state index in [1.165, 1.54) is 5.56 Å². The lowest BCUT2D eigenvalue weighted by Gasteiger charge is -2.17. The molecule has 1 aliphatic heterocycles. The molecular formula is C15H17NO. The minimum Gasteiger partial charge on any atom is -0.305 e. The largest absolute Gasteiger partial charge is 0.305 e. The summed E-state index contributed by atoms with van der Waals surface area (Å²) < 4.78 is 0. The number of rotatable bonds is 3. The Labute approximate surface area is 102 Å². The Morgan fingerprint density at radius 1 is 1.18 bits per heavy atom. The zero-order chi connectivity index (χ0) is 12.4. The van der Waals surface area contributed by atoms with Gasteiger partial charge in [-0.05, 0) is 23.1 Å². The van der Waals surface area contributed by atoms with E-state index in [-0.39, 0.29) is 5.91 Å². The summed E-state index contributed by atoms with van der Waals surface area (Å²) in [6.45, 7) is 8.79. The maximum absolute atomic E-state index is 11.5. The average molecular weight is 227 g/mol. The quantitative estimate of drug-likeness (QED) is 0.776. The van der Waals surface area contributed by atoms with Crippen LogP contribution in [0.5, 0.6) is 0 Å². The molecule has 1 amide bonds. The van der Waals surface area contributed by atoms with E-state index in [2.05, 4.69) is 44.7 Å². The lowest BCUT2D eigenvalue weighted by Crippen LogP contribution is -2.22. The minimum absolute atomic E-state index is 0.0166. The first-order chi connectivity index (χ1) is 8.08. The Morgan fingerprint density at radius 3 is 2.29 bits per heavy atom. The van der Waals surface area contributed by atoms with Crippen LogP contribution in [0.3, 0.4) is 0 Å². The van der Waals surface area contributed by atoms with Crippen molar-refractivity contribution >= 4 is 5.91 Å². The Bertz CT molecular complexity index is 450. The minimum atomic E-state index is 0.0166. The summed E-state index contributed by atoms with van der Waals surface area (Å²) >= 11 is 0. The summed E-state index contributed by atoms with van der Waals surface area (Å²) in [5, 5.41) is 0. The summed E-state index contributed by atoms with van der Waals surface area (Å²) in [5.74, 6) is 0.553. The average Bonchev–Trinajstić information content (AvgIpc) is 2.61. The normalized spacial score (nSPS) is 15.1. The van der Waals surface area contributed by atoms with Crippen LogP contribution in [0.1, 0.15) is 30.9 Å². The van der Waals surface area contributed by atoms with E-state index >= 15 is 0 Å². The third-order valence-corrected chi connectivity index (χ3v) is 3.02. The van der Waals surface area contributed by atoms with E-state index in [0.29, 0.717) is 12.5 Å². The number of amides is 1. The van der Waals surface area contributed by atoms with Crippen LogP contribution < -0.4 is 0 Å². The number of hydrogen-bond donors (Lipinski definition) is 0. The maximum Gasteiger partial charge on any atom is 0.251 e. The van der Waals surface area contributed by atoms with E-state index in [1.807, 2.05) is 0 Å². The van der Waals surface area contributed by atoms with Crippen molar-refractivity contribution in [3.63, 3.8) is 0 Å². The van der Waals surface area contributed by atoms with Crippen LogP contribution in [-0.2, 0) is 11.3 Å². The van der Waals surface area contributed by atoms with E-state index in [0.717, 1.165) is 11.3 Å². The van der Waals surface area contributed by atoms with Crippen LogP contribution in [0.2, 0.25) is 0 Å². The van der Waals surface area contributed by atoms with Gasteiger partial charge in [0.2, 0.25) is 0 Å². The van der Waals surface area contributed by atoms with Crippen LogP contribution in [0, 0.1) is 0 Å². The highest BCUT2D eigenvalue weighted by atomic mass is 16.2. The van der Waals surface area contributed by atoms with E-state index < -0.39 is 0 Å². The van der Waals surface area contributed by atoms with Crippen LogP contribution in [0.4, 0.5) is 0 Å². The highest BCUT2D eigenvalue weighted by Gasteiger charge is 2.18. The standard InChI is InChI=1S/C15H17NO/c1-11(2)14-7-5-13(6-8-14)10-16-12(3)4-9-15(16)17/h4-9,11H,3,10H2,1-2H3. The molecule has 0 aromatic heterocycles. The molecule has 0 saturated heterocycles. The number of benzene rings is 1. The molecular weight excluding hydrogens is 210 g/mol. The van der Waals surface area contributed by atoms with Gasteiger partial charge in [-0.2, -0.15) is 0 Å². The van der Waals surface area contributed by atoms with Crippen molar-refractivity contribution in [1.82, 2.24) is 4.90 Å². The molecule has 0 N–H and O–H groups in total. The fourth-order valence-electron chi connectivity index (χ4n) is 1.86. The number of carbonyl (C=O) groups excluding carboxylic acids is 1. The Balaban J connectivity index is 2.09. The molecule has 88 valence electrons. The summed E-state index contributed by atoms with van der Waals surface area (Å²) in [7, 11) is 0. The van der Waals surface area contributed by atoms with Gasteiger partial charge in [-0.3, -0.25) is 4.79 Å². The maximum atomic E-state index is 11.5. The molecule has 0 saturated carbocycles. The molecule has 0 bridgehead atoms. The van der Waals surface area contributed by atoms with Crippen molar-refractivity contribution in [2.24, 2.45) is 0 Å². The molecule has 2 rings (SSSR count). The molecule has 2 nitrogen and oxygen atoms in total. The summed E-state index contributed by atoms with van der Waals surface area (Å²) in [5.41, 5.74) is 3.22. The molecule has 0 unspecified atom stereocenters. The molecule has 0 aliphatic carbocycles. The van der Waals surface area contributed by atoms with Gasteiger partial charge in [0.1, 0.15) is 0 Å². The third-order valence-electron chi connectivity index (χ3n) is 3.02. The molecule has 1 aromatic rings. The Hall–Kier alpha value is -1.83. The number of nitrogens with zero attached hydrogens (tertiary/aromatic N) is 1. The number of allylic oxidation sites excluding steroid dienone is 1. The fourth-order valence-corrected chi connectivity index (χ4v) is 1.86. The Kier molecular flexibility index (Phi) is 3.14. The number of carbonyl (C=O) groups is 1. The van der Waals surface area contributed by atoms with Gasteiger partial charge in [-0.1, -0.05) is 44.7 Å². The molecule has 1 aromatic carbocycles. The van der Waals surface area contributed by atoms with Crippen molar-refractivity contribution < 1.29 is 4.79 Å². The van der Waals surface area contributed by atoms with Crippen LogP contribution in [-0.4, -0.2) is 10.8 Å². The second-order valence-electron chi connectivity index (χ2n) is 4.65. The first kappa shape index (κ1) is 11.6. The monoisotopic (exact) mass is 227 g/mol. The van der Waals surface area contributed by atoms with Gasteiger partial charge in [0, 0.05) is 11.8 Å². The van der Waals surface area contributed by atoms with Crippen LogP contribution >= 0.6 is 0 Å². The number of hydrogen-bond acceptors (Lipinski definition) is 1. The van der Waals surface area contributed by atoms with Gasteiger partial charge >= 0.3 is 0 Å². The summed E-state index contributed by atoms with van der Waals surface area (Å²) in [4.78, 5) is 13.2. The molecule has 17 heavy (non-hydrogen) atoms. The van der Waals surface area contributed by atoms with Gasteiger partial charge in [0.25, 0.3) is 5.91 Å². The van der Waals surface area contributed by atoms with Gasteiger partial charge < -0.3 is 4.90 Å². The van der Waals surface area contributed by atoms with Crippen LogP contribution in [0.15, 0.2) is 48.7 Å². The lowest BCUT2D eigenvalue weighted by atomic mass is 10.0. The second-order valence-corrected chi connectivity index (χ2v) is 4.65. The summed E-state index contributed by atoms with van der Waals surface area (Å²) in [6, 6.07) is 8.40. The molecule has 0 atom stereocenters. The Morgan fingerprint density at radius 2 is 1.82 bits per heavy atom. The van der Waals surface area contributed by atoms with Crippen molar-refractivity contribution in [1.29, 1.82) is 0 Å². The highest BCUT2D eigenvalue weighted by Crippen LogP contribution is 2.19.